The van der Waals surface area contributed by atoms with Gasteiger partial charge in [-0.25, -0.2) is 4.39 Å². The Morgan fingerprint density at radius 2 is 1.30 bits per heavy atom. The molecule has 27 heavy (non-hydrogen) atoms. The van der Waals surface area contributed by atoms with Crippen LogP contribution in [0.2, 0.25) is 0 Å². The van der Waals surface area contributed by atoms with Crippen LogP contribution in [0.4, 0.5) is 4.39 Å². The SMILES string of the molecule is Oc1ccc(-c2ccc3cc(OCCOCCOCCF)ccc3c2)cc1. The van der Waals surface area contributed by atoms with Crippen molar-refractivity contribution in [1.29, 1.82) is 0 Å². The third kappa shape index (κ3) is 5.67. The number of hydrogen-bond acceptors (Lipinski definition) is 4. The van der Waals surface area contributed by atoms with E-state index in [1.54, 1.807) is 12.1 Å². The molecular weight excluding hydrogens is 347 g/mol. The number of aromatic hydroxyl groups is 1. The summed E-state index contributed by atoms with van der Waals surface area (Å²) in [5, 5.41) is 11.6. The van der Waals surface area contributed by atoms with E-state index in [-0.39, 0.29) is 12.4 Å². The first-order valence-corrected chi connectivity index (χ1v) is 8.94. The van der Waals surface area contributed by atoms with Gasteiger partial charge in [0.1, 0.15) is 24.8 Å². The van der Waals surface area contributed by atoms with Gasteiger partial charge >= 0.3 is 0 Å². The van der Waals surface area contributed by atoms with Crippen molar-refractivity contribution in [1.82, 2.24) is 0 Å². The molecule has 3 aromatic carbocycles. The molecule has 0 spiro atoms. The second-order valence-corrected chi connectivity index (χ2v) is 6.03. The highest BCUT2D eigenvalue weighted by Gasteiger charge is 2.02. The zero-order valence-electron chi connectivity index (χ0n) is 15.1. The quantitative estimate of drug-likeness (QED) is 0.530. The van der Waals surface area contributed by atoms with Crippen LogP contribution in [-0.2, 0) is 9.47 Å². The van der Waals surface area contributed by atoms with Gasteiger partial charge in [0.15, 0.2) is 0 Å². The van der Waals surface area contributed by atoms with Crippen LogP contribution >= 0.6 is 0 Å². The molecule has 0 bridgehead atoms. The topological polar surface area (TPSA) is 47.9 Å². The maximum atomic E-state index is 11.8. The Labute approximate surface area is 158 Å². The van der Waals surface area contributed by atoms with Crippen molar-refractivity contribution in [3.05, 3.63) is 60.7 Å². The van der Waals surface area contributed by atoms with Crippen LogP contribution in [0.15, 0.2) is 60.7 Å². The number of hydrogen-bond donors (Lipinski definition) is 1. The Bertz CT molecular complexity index is 849. The zero-order chi connectivity index (χ0) is 18.9. The van der Waals surface area contributed by atoms with Crippen molar-refractivity contribution in [2.45, 2.75) is 0 Å². The molecule has 0 radical (unpaired) electrons. The minimum absolute atomic E-state index is 0.116. The predicted octanol–water partition coefficient (Wildman–Crippen LogP) is 4.59. The van der Waals surface area contributed by atoms with Crippen LogP contribution in [-0.4, -0.2) is 44.8 Å². The number of phenolic OH excluding ortho intramolecular Hbond substituents is 1. The first kappa shape index (κ1) is 19.1. The summed E-state index contributed by atoms with van der Waals surface area (Å²) in [7, 11) is 0. The van der Waals surface area contributed by atoms with Crippen molar-refractivity contribution in [3.8, 4) is 22.6 Å². The summed E-state index contributed by atoms with van der Waals surface area (Å²) in [6.07, 6.45) is 0. The van der Waals surface area contributed by atoms with E-state index in [9.17, 15) is 9.50 Å². The van der Waals surface area contributed by atoms with Crippen molar-refractivity contribution in [2.24, 2.45) is 0 Å². The van der Waals surface area contributed by atoms with Gasteiger partial charge in [-0.05, 0) is 52.2 Å². The number of halogens is 1. The van der Waals surface area contributed by atoms with Gasteiger partial charge in [-0.1, -0.05) is 30.3 Å². The Morgan fingerprint density at radius 1 is 0.667 bits per heavy atom. The number of rotatable bonds is 10. The minimum Gasteiger partial charge on any atom is -0.508 e. The highest BCUT2D eigenvalue weighted by molar-refractivity contribution is 5.88. The first-order valence-electron chi connectivity index (χ1n) is 8.94. The molecular formula is C22H23FO4. The van der Waals surface area contributed by atoms with E-state index in [1.165, 1.54) is 0 Å². The average Bonchev–Trinajstić information content (AvgIpc) is 2.70. The number of phenols is 1. The molecule has 0 unspecified atom stereocenters. The summed E-state index contributed by atoms with van der Waals surface area (Å²) < 4.78 is 27.9. The minimum atomic E-state index is -0.471. The highest BCUT2D eigenvalue weighted by Crippen LogP contribution is 2.28. The van der Waals surface area contributed by atoms with Crippen LogP contribution in [0.25, 0.3) is 21.9 Å². The lowest BCUT2D eigenvalue weighted by Gasteiger charge is -2.09. The number of fused-ring (bicyclic) bond motifs is 1. The Kier molecular flexibility index (Phi) is 7.02. The highest BCUT2D eigenvalue weighted by atomic mass is 19.1. The van der Waals surface area contributed by atoms with Gasteiger partial charge in [-0.2, -0.15) is 0 Å². The van der Waals surface area contributed by atoms with Crippen molar-refractivity contribution in [2.75, 3.05) is 39.7 Å². The molecule has 5 heteroatoms. The predicted molar refractivity (Wildman–Crippen MR) is 104 cm³/mol. The summed E-state index contributed by atoms with van der Waals surface area (Å²) in [6.45, 7) is 1.37. The monoisotopic (exact) mass is 370 g/mol. The summed E-state index contributed by atoms with van der Waals surface area (Å²) in [6, 6.07) is 19.4. The maximum Gasteiger partial charge on any atom is 0.120 e. The molecule has 0 atom stereocenters. The molecule has 0 saturated carbocycles. The van der Waals surface area contributed by atoms with Gasteiger partial charge in [0.25, 0.3) is 0 Å². The fourth-order valence-corrected chi connectivity index (χ4v) is 2.74. The van der Waals surface area contributed by atoms with E-state index in [0.29, 0.717) is 26.4 Å². The summed E-state index contributed by atoms with van der Waals surface area (Å²) >= 11 is 0. The number of ether oxygens (including phenoxy) is 3. The van der Waals surface area contributed by atoms with Gasteiger partial charge in [0.2, 0.25) is 0 Å². The van der Waals surface area contributed by atoms with Crippen LogP contribution in [0.5, 0.6) is 11.5 Å². The summed E-state index contributed by atoms with van der Waals surface area (Å²) in [5.74, 6) is 1.05. The Hall–Kier alpha value is -2.63. The molecule has 0 aliphatic carbocycles. The maximum absolute atomic E-state index is 11.8. The third-order valence-corrected chi connectivity index (χ3v) is 4.10. The van der Waals surface area contributed by atoms with E-state index in [1.807, 2.05) is 30.3 Å². The second kappa shape index (κ2) is 9.90. The average molecular weight is 370 g/mol. The van der Waals surface area contributed by atoms with Crippen LogP contribution < -0.4 is 4.74 Å². The second-order valence-electron chi connectivity index (χ2n) is 6.03. The van der Waals surface area contributed by atoms with Gasteiger partial charge < -0.3 is 19.3 Å². The normalized spacial score (nSPS) is 11.0. The van der Waals surface area contributed by atoms with E-state index in [2.05, 4.69) is 18.2 Å². The van der Waals surface area contributed by atoms with Gasteiger partial charge in [-0.3, -0.25) is 0 Å². The Balaban J connectivity index is 1.53. The molecule has 4 nitrogen and oxygen atoms in total. The summed E-state index contributed by atoms with van der Waals surface area (Å²) in [4.78, 5) is 0. The molecule has 0 amide bonds. The molecule has 0 aliphatic heterocycles. The largest absolute Gasteiger partial charge is 0.508 e. The lowest BCUT2D eigenvalue weighted by molar-refractivity contribution is 0.0325. The van der Waals surface area contributed by atoms with Crippen molar-refractivity contribution in [3.63, 3.8) is 0 Å². The fourth-order valence-electron chi connectivity index (χ4n) is 2.74. The molecule has 0 saturated heterocycles. The fraction of sp³-hybridized carbons (Fsp3) is 0.273. The standard InChI is InChI=1S/C22H23FO4/c23-9-10-25-11-12-26-13-14-27-22-8-5-19-15-18(1-2-20(19)16-22)17-3-6-21(24)7-4-17/h1-8,15-16,24H,9-14H2. The lowest BCUT2D eigenvalue weighted by atomic mass is 10.0. The van der Waals surface area contributed by atoms with Crippen LogP contribution in [0.1, 0.15) is 0 Å². The molecule has 142 valence electrons. The van der Waals surface area contributed by atoms with E-state index < -0.39 is 6.67 Å². The van der Waals surface area contributed by atoms with E-state index in [0.717, 1.165) is 27.6 Å². The molecule has 0 aromatic heterocycles. The van der Waals surface area contributed by atoms with Gasteiger partial charge in [0, 0.05) is 0 Å². The third-order valence-electron chi connectivity index (χ3n) is 4.10. The molecule has 0 heterocycles. The summed E-state index contributed by atoms with van der Waals surface area (Å²) in [5.41, 5.74) is 2.15. The smallest absolute Gasteiger partial charge is 0.120 e. The zero-order valence-corrected chi connectivity index (χ0v) is 15.1. The molecule has 0 fully saturated rings. The lowest BCUT2D eigenvalue weighted by Crippen LogP contribution is -2.11. The molecule has 3 aromatic rings. The van der Waals surface area contributed by atoms with Crippen LogP contribution in [0, 0.1) is 0 Å². The van der Waals surface area contributed by atoms with Crippen molar-refractivity contribution >= 4 is 10.8 Å². The number of alkyl halides is 1. The van der Waals surface area contributed by atoms with Crippen LogP contribution in [0.3, 0.4) is 0 Å². The number of benzene rings is 3. The van der Waals surface area contributed by atoms with Gasteiger partial charge in [0.05, 0.1) is 26.4 Å². The molecule has 0 aliphatic rings. The first-order chi connectivity index (χ1) is 13.3. The molecule has 3 rings (SSSR count). The Morgan fingerprint density at radius 3 is 2.07 bits per heavy atom. The molecule has 1 N–H and O–H groups in total. The van der Waals surface area contributed by atoms with E-state index in [4.69, 9.17) is 14.2 Å². The van der Waals surface area contributed by atoms with E-state index >= 15 is 0 Å². The van der Waals surface area contributed by atoms with Crippen molar-refractivity contribution < 1.29 is 23.7 Å². The van der Waals surface area contributed by atoms with Gasteiger partial charge in [-0.15, -0.1) is 0 Å².